The minimum Gasteiger partial charge on any atom is -0.497 e. The molecule has 0 aromatic heterocycles. The summed E-state index contributed by atoms with van der Waals surface area (Å²) in [5, 5.41) is 0. The molecule has 1 aliphatic rings. The van der Waals surface area contributed by atoms with E-state index in [1.807, 2.05) is 18.2 Å². The first kappa shape index (κ1) is 15.7. The van der Waals surface area contributed by atoms with Crippen molar-refractivity contribution in [1.82, 2.24) is 0 Å². The van der Waals surface area contributed by atoms with Crippen LogP contribution in [0.1, 0.15) is 17.9 Å². The summed E-state index contributed by atoms with van der Waals surface area (Å²) in [4.78, 5) is 2.31. The molecule has 2 N–H and O–H groups in total. The number of anilines is 1. The van der Waals surface area contributed by atoms with Crippen molar-refractivity contribution in [1.29, 1.82) is 0 Å². The first-order valence-corrected chi connectivity index (χ1v) is 7.98. The van der Waals surface area contributed by atoms with Gasteiger partial charge in [-0.15, -0.1) is 0 Å². The summed E-state index contributed by atoms with van der Waals surface area (Å²) in [6.07, 6.45) is 1.01. The first-order chi connectivity index (χ1) is 11.2. The number of rotatable bonds is 4. The highest BCUT2D eigenvalue weighted by molar-refractivity contribution is 5.62. The summed E-state index contributed by atoms with van der Waals surface area (Å²) in [6.45, 7) is 1.76. The molecule has 0 saturated carbocycles. The third kappa shape index (κ3) is 3.42. The fourth-order valence-corrected chi connectivity index (χ4v) is 3.35. The average Bonchev–Trinajstić information content (AvgIpc) is 2.61. The van der Waals surface area contributed by atoms with E-state index < -0.39 is 0 Å². The van der Waals surface area contributed by atoms with Gasteiger partial charge in [0.1, 0.15) is 11.5 Å². The SMILES string of the molecule is COc1ccc(OC)c(N2CC(N)CC(c3ccccc3)C2)c1. The van der Waals surface area contributed by atoms with E-state index >= 15 is 0 Å². The van der Waals surface area contributed by atoms with Gasteiger partial charge in [-0.1, -0.05) is 30.3 Å². The molecule has 1 fully saturated rings. The predicted molar refractivity (Wildman–Crippen MR) is 93.5 cm³/mol. The molecule has 0 radical (unpaired) electrons. The molecular weight excluding hydrogens is 288 g/mol. The van der Waals surface area contributed by atoms with Crippen molar-refractivity contribution in [2.24, 2.45) is 5.73 Å². The van der Waals surface area contributed by atoms with Crippen molar-refractivity contribution in [3.8, 4) is 11.5 Å². The molecule has 23 heavy (non-hydrogen) atoms. The number of hydrogen-bond donors (Lipinski definition) is 1. The van der Waals surface area contributed by atoms with Crippen LogP contribution in [0.3, 0.4) is 0 Å². The molecule has 1 aliphatic heterocycles. The topological polar surface area (TPSA) is 47.7 Å². The molecule has 2 atom stereocenters. The lowest BCUT2D eigenvalue weighted by molar-refractivity contribution is 0.397. The van der Waals surface area contributed by atoms with Crippen LogP contribution in [0, 0.1) is 0 Å². The maximum Gasteiger partial charge on any atom is 0.142 e. The van der Waals surface area contributed by atoms with Crippen molar-refractivity contribution in [2.45, 2.75) is 18.4 Å². The molecule has 0 spiro atoms. The molecule has 0 amide bonds. The van der Waals surface area contributed by atoms with E-state index in [-0.39, 0.29) is 6.04 Å². The zero-order valence-electron chi connectivity index (χ0n) is 13.7. The first-order valence-electron chi connectivity index (χ1n) is 7.98. The highest BCUT2D eigenvalue weighted by atomic mass is 16.5. The van der Waals surface area contributed by atoms with Crippen LogP contribution < -0.4 is 20.1 Å². The van der Waals surface area contributed by atoms with Gasteiger partial charge in [0, 0.05) is 31.1 Å². The summed E-state index contributed by atoms with van der Waals surface area (Å²) in [6, 6.07) is 16.6. The second-order valence-electron chi connectivity index (χ2n) is 6.05. The normalized spacial score (nSPS) is 21.1. The summed E-state index contributed by atoms with van der Waals surface area (Å²) < 4.78 is 10.9. The lowest BCUT2D eigenvalue weighted by Crippen LogP contribution is -2.46. The highest BCUT2D eigenvalue weighted by Gasteiger charge is 2.28. The summed E-state index contributed by atoms with van der Waals surface area (Å²) in [5.74, 6) is 2.11. The van der Waals surface area contributed by atoms with Gasteiger partial charge in [-0.25, -0.2) is 0 Å². The van der Waals surface area contributed by atoms with Crippen LogP contribution in [0.4, 0.5) is 5.69 Å². The Kier molecular flexibility index (Phi) is 4.72. The number of nitrogens with zero attached hydrogens (tertiary/aromatic N) is 1. The monoisotopic (exact) mass is 312 g/mol. The fraction of sp³-hybridized carbons (Fsp3) is 0.368. The maximum absolute atomic E-state index is 6.34. The van der Waals surface area contributed by atoms with E-state index in [2.05, 4.69) is 35.2 Å². The molecule has 4 heteroatoms. The van der Waals surface area contributed by atoms with Gasteiger partial charge in [-0.2, -0.15) is 0 Å². The summed E-state index contributed by atoms with van der Waals surface area (Å²) in [5.41, 5.74) is 8.73. The van der Waals surface area contributed by atoms with Crippen LogP contribution in [-0.2, 0) is 0 Å². The maximum atomic E-state index is 6.34. The Hall–Kier alpha value is -2.20. The van der Waals surface area contributed by atoms with Crippen LogP contribution in [0.5, 0.6) is 11.5 Å². The van der Waals surface area contributed by atoms with Crippen molar-refractivity contribution in [2.75, 3.05) is 32.2 Å². The van der Waals surface area contributed by atoms with Crippen LogP contribution in [0.15, 0.2) is 48.5 Å². The number of benzene rings is 2. The third-order valence-corrected chi connectivity index (χ3v) is 4.48. The molecule has 122 valence electrons. The van der Waals surface area contributed by atoms with Crippen molar-refractivity contribution in [3.05, 3.63) is 54.1 Å². The Balaban J connectivity index is 1.90. The van der Waals surface area contributed by atoms with E-state index in [0.29, 0.717) is 5.92 Å². The molecule has 2 aromatic carbocycles. The van der Waals surface area contributed by atoms with Gasteiger partial charge in [0.2, 0.25) is 0 Å². The van der Waals surface area contributed by atoms with Gasteiger partial charge < -0.3 is 20.1 Å². The zero-order chi connectivity index (χ0) is 16.2. The molecule has 1 saturated heterocycles. The predicted octanol–water partition coefficient (Wildman–Crippen LogP) is 3.03. The minimum absolute atomic E-state index is 0.143. The van der Waals surface area contributed by atoms with Crippen molar-refractivity contribution < 1.29 is 9.47 Å². The number of piperidine rings is 1. The second-order valence-corrected chi connectivity index (χ2v) is 6.05. The van der Waals surface area contributed by atoms with Gasteiger partial charge in [0.25, 0.3) is 0 Å². The van der Waals surface area contributed by atoms with Crippen LogP contribution in [0.25, 0.3) is 0 Å². The second kappa shape index (κ2) is 6.92. The molecule has 2 unspecified atom stereocenters. The lowest BCUT2D eigenvalue weighted by Gasteiger charge is -2.38. The Morgan fingerprint density at radius 3 is 2.48 bits per heavy atom. The van der Waals surface area contributed by atoms with Crippen LogP contribution in [0.2, 0.25) is 0 Å². The van der Waals surface area contributed by atoms with Crippen LogP contribution >= 0.6 is 0 Å². The summed E-state index contributed by atoms with van der Waals surface area (Å²) >= 11 is 0. The van der Waals surface area contributed by atoms with E-state index in [1.165, 1.54) is 5.56 Å². The average molecular weight is 312 g/mol. The van der Waals surface area contributed by atoms with Gasteiger partial charge in [0.05, 0.1) is 19.9 Å². The molecule has 0 bridgehead atoms. The van der Waals surface area contributed by atoms with Crippen molar-refractivity contribution in [3.63, 3.8) is 0 Å². The Morgan fingerprint density at radius 2 is 1.78 bits per heavy atom. The standard InChI is InChI=1S/C19H24N2O2/c1-22-17-8-9-19(23-2)18(11-17)21-12-15(10-16(20)13-21)14-6-4-3-5-7-14/h3-9,11,15-16H,10,12-13,20H2,1-2H3. The molecular formula is C19H24N2O2. The lowest BCUT2D eigenvalue weighted by atomic mass is 9.88. The fourth-order valence-electron chi connectivity index (χ4n) is 3.35. The molecule has 4 nitrogen and oxygen atoms in total. The Morgan fingerprint density at radius 1 is 1.00 bits per heavy atom. The van der Waals surface area contributed by atoms with E-state index in [0.717, 1.165) is 36.7 Å². The molecule has 2 aromatic rings. The molecule has 0 aliphatic carbocycles. The van der Waals surface area contributed by atoms with Gasteiger partial charge in [-0.3, -0.25) is 0 Å². The highest BCUT2D eigenvalue weighted by Crippen LogP contribution is 2.36. The number of nitrogens with two attached hydrogens (primary N) is 1. The van der Waals surface area contributed by atoms with Gasteiger partial charge in [-0.05, 0) is 24.1 Å². The molecule has 1 heterocycles. The Labute approximate surface area is 137 Å². The smallest absolute Gasteiger partial charge is 0.142 e. The van der Waals surface area contributed by atoms with Crippen LogP contribution in [-0.4, -0.2) is 33.4 Å². The van der Waals surface area contributed by atoms with E-state index in [4.69, 9.17) is 15.2 Å². The largest absolute Gasteiger partial charge is 0.497 e. The minimum atomic E-state index is 0.143. The van der Waals surface area contributed by atoms with Gasteiger partial charge >= 0.3 is 0 Å². The number of ether oxygens (including phenoxy) is 2. The van der Waals surface area contributed by atoms with Gasteiger partial charge in [0.15, 0.2) is 0 Å². The number of hydrogen-bond acceptors (Lipinski definition) is 4. The molecule has 3 rings (SSSR count). The summed E-state index contributed by atoms with van der Waals surface area (Å²) in [7, 11) is 3.38. The van der Waals surface area contributed by atoms with E-state index in [1.54, 1.807) is 14.2 Å². The third-order valence-electron chi connectivity index (χ3n) is 4.48. The van der Waals surface area contributed by atoms with E-state index in [9.17, 15) is 0 Å². The van der Waals surface area contributed by atoms with Crippen molar-refractivity contribution >= 4 is 5.69 Å². The zero-order valence-corrected chi connectivity index (χ0v) is 13.7. The quantitative estimate of drug-likeness (QED) is 0.943. The Bertz CT molecular complexity index is 645. The number of methoxy groups -OCH3 is 2.